The minimum Gasteiger partial charge on any atom is -0.479 e. The molecule has 1 atom stereocenters. The molecule has 5 nitrogen and oxygen atoms in total. The minimum atomic E-state index is -5.02. The summed E-state index contributed by atoms with van der Waals surface area (Å²) in [4.78, 5) is 25.1. The fourth-order valence-electron chi connectivity index (χ4n) is 2.67. The van der Waals surface area contributed by atoms with Crippen LogP contribution in [-0.4, -0.2) is 24.1 Å². The van der Waals surface area contributed by atoms with Gasteiger partial charge in [0.1, 0.15) is 5.75 Å². The molecule has 3 rings (SSSR count). The Labute approximate surface area is 157 Å². The Morgan fingerprint density at radius 2 is 2.00 bits per heavy atom. The Hall–Kier alpha value is -2.74. The van der Waals surface area contributed by atoms with E-state index in [0.29, 0.717) is 10.8 Å². The van der Waals surface area contributed by atoms with Gasteiger partial charge in [-0.25, -0.2) is 0 Å². The van der Waals surface area contributed by atoms with Gasteiger partial charge in [-0.1, -0.05) is 23.7 Å². The Kier molecular flexibility index (Phi) is 5.01. The summed E-state index contributed by atoms with van der Waals surface area (Å²) in [7, 11) is 0. The summed E-state index contributed by atoms with van der Waals surface area (Å²) in [5.74, 6) is -2.13. The molecule has 2 aromatic rings. The van der Waals surface area contributed by atoms with Crippen molar-refractivity contribution in [2.24, 2.45) is 0 Å². The van der Waals surface area contributed by atoms with Crippen LogP contribution in [0.2, 0.25) is 5.02 Å². The standard InChI is InChI=1S/C18H14ClF3N2O3/c1-10-16(25)24(9-11-3-2-4-12(19)7-11)14-8-13(5-6-15(14)27-10)23-17(26)18(20,21)22/h2-8,10H,9H2,1H3,(H,23,26). The molecule has 0 saturated carbocycles. The SMILES string of the molecule is CC1Oc2ccc(NC(=O)C(F)(F)F)cc2N(Cc2cccc(Cl)c2)C1=O. The number of amides is 2. The van der Waals surface area contributed by atoms with Crippen LogP contribution in [0, 0.1) is 0 Å². The van der Waals surface area contributed by atoms with Gasteiger partial charge in [0.15, 0.2) is 6.10 Å². The molecule has 1 aliphatic heterocycles. The van der Waals surface area contributed by atoms with Gasteiger partial charge in [-0.05, 0) is 42.8 Å². The normalized spacial score (nSPS) is 16.6. The molecule has 27 heavy (non-hydrogen) atoms. The maximum Gasteiger partial charge on any atom is 0.471 e. The minimum absolute atomic E-state index is 0.0990. The number of rotatable bonds is 3. The van der Waals surface area contributed by atoms with Gasteiger partial charge in [0.05, 0.1) is 12.2 Å². The van der Waals surface area contributed by atoms with Crippen molar-refractivity contribution >= 4 is 34.8 Å². The summed E-state index contributed by atoms with van der Waals surface area (Å²) in [6.07, 6.45) is -5.77. The zero-order valence-electron chi connectivity index (χ0n) is 14.0. The zero-order valence-corrected chi connectivity index (χ0v) is 14.8. The van der Waals surface area contributed by atoms with Gasteiger partial charge in [-0.15, -0.1) is 0 Å². The van der Waals surface area contributed by atoms with E-state index >= 15 is 0 Å². The smallest absolute Gasteiger partial charge is 0.471 e. The number of hydrogen-bond acceptors (Lipinski definition) is 3. The van der Waals surface area contributed by atoms with Gasteiger partial charge < -0.3 is 15.0 Å². The number of halogens is 4. The van der Waals surface area contributed by atoms with Crippen molar-refractivity contribution in [2.45, 2.75) is 25.7 Å². The number of alkyl halides is 3. The van der Waals surface area contributed by atoms with Crippen molar-refractivity contribution in [3.63, 3.8) is 0 Å². The Morgan fingerprint density at radius 3 is 2.67 bits per heavy atom. The van der Waals surface area contributed by atoms with Gasteiger partial charge in [-0.3, -0.25) is 9.59 Å². The molecule has 1 N–H and O–H groups in total. The molecule has 0 bridgehead atoms. The number of anilines is 2. The highest BCUT2D eigenvalue weighted by molar-refractivity contribution is 6.30. The van der Waals surface area contributed by atoms with E-state index in [0.717, 1.165) is 5.56 Å². The van der Waals surface area contributed by atoms with Crippen LogP contribution in [0.4, 0.5) is 24.5 Å². The van der Waals surface area contributed by atoms with Crippen LogP contribution >= 0.6 is 11.6 Å². The fraction of sp³-hybridized carbons (Fsp3) is 0.222. The van der Waals surface area contributed by atoms with Crippen molar-refractivity contribution in [1.82, 2.24) is 0 Å². The quantitative estimate of drug-likeness (QED) is 0.844. The average Bonchev–Trinajstić information content (AvgIpc) is 2.58. The van der Waals surface area contributed by atoms with Crippen molar-refractivity contribution in [3.8, 4) is 5.75 Å². The maximum atomic E-state index is 12.6. The monoisotopic (exact) mass is 398 g/mol. The number of fused-ring (bicyclic) bond motifs is 1. The van der Waals surface area contributed by atoms with Crippen LogP contribution in [-0.2, 0) is 16.1 Å². The molecule has 0 aliphatic carbocycles. The molecule has 0 saturated heterocycles. The van der Waals surface area contributed by atoms with E-state index in [1.54, 1.807) is 36.5 Å². The Balaban J connectivity index is 1.94. The molecule has 0 aromatic heterocycles. The summed E-state index contributed by atoms with van der Waals surface area (Å²) in [5, 5.41) is 2.27. The highest BCUT2D eigenvalue weighted by Crippen LogP contribution is 2.37. The van der Waals surface area contributed by atoms with Crippen molar-refractivity contribution < 1.29 is 27.5 Å². The number of ether oxygens (including phenoxy) is 1. The second kappa shape index (κ2) is 7.11. The summed E-state index contributed by atoms with van der Waals surface area (Å²) in [5.41, 5.74) is 0.900. The first-order valence-electron chi connectivity index (χ1n) is 7.90. The highest BCUT2D eigenvalue weighted by Gasteiger charge is 2.39. The molecule has 0 spiro atoms. The average molecular weight is 399 g/mol. The predicted molar refractivity (Wildman–Crippen MR) is 93.9 cm³/mol. The van der Waals surface area contributed by atoms with E-state index in [9.17, 15) is 22.8 Å². The molecule has 9 heteroatoms. The lowest BCUT2D eigenvalue weighted by Crippen LogP contribution is -2.44. The van der Waals surface area contributed by atoms with Crippen LogP contribution in [0.25, 0.3) is 0 Å². The summed E-state index contributed by atoms with van der Waals surface area (Å²) in [6.45, 7) is 1.73. The van der Waals surface area contributed by atoms with E-state index in [-0.39, 0.29) is 23.8 Å². The lowest BCUT2D eigenvalue weighted by atomic mass is 10.1. The lowest BCUT2D eigenvalue weighted by molar-refractivity contribution is -0.167. The third-order valence-electron chi connectivity index (χ3n) is 3.91. The summed E-state index contributed by atoms with van der Waals surface area (Å²) in [6, 6.07) is 10.8. The highest BCUT2D eigenvalue weighted by atomic mass is 35.5. The Morgan fingerprint density at radius 1 is 1.26 bits per heavy atom. The lowest BCUT2D eigenvalue weighted by Gasteiger charge is -2.33. The topological polar surface area (TPSA) is 58.6 Å². The van der Waals surface area contributed by atoms with E-state index in [1.165, 1.54) is 23.1 Å². The van der Waals surface area contributed by atoms with Gasteiger partial charge >= 0.3 is 12.1 Å². The van der Waals surface area contributed by atoms with Crippen LogP contribution < -0.4 is 15.0 Å². The molecule has 1 unspecified atom stereocenters. The number of nitrogens with zero attached hydrogens (tertiary/aromatic N) is 1. The first kappa shape index (κ1) is 19.0. The van der Waals surface area contributed by atoms with Crippen LogP contribution in [0.1, 0.15) is 12.5 Å². The third-order valence-corrected chi connectivity index (χ3v) is 4.15. The van der Waals surface area contributed by atoms with Gasteiger partial charge in [0.25, 0.3) is 5.91 Å². The molecule has 0 fully saturated rings. The molecule has 0 radical (unpaired) electrons. The third kappa shape index (κ3) is 4.16. The van der Waals surface area contributed by atoms with Gasteiger partial charge in [-0.2, -0.15) is 13.2 Å². The number of hydrogen-bond donors (Lipinski definition) is 1. The molecular formula is C18H14ClF3N2O3. The largest absolute Gasteiger partial charge is 0.479 e. The first-order chi connectivity index (χ1) is 12.6. The summed E-state index contributed by atoms with van der Waals surface area (Å²) >= 11 is 5.97. The fourth-order valence-corrected chi connectivity index (χ4v) is 2.88. The molecular weight excluding hydrogens is 385 g/mol. The van der Waals surface area contributed by atoms with Crippen molar-refractivity contribution in [1.29, 1.82) is 0 Å². The van der Waals surface area contributed by atoms with Crippen LogP contribution in [0.5, 0.6) is 5.75 Å². The molecule has 2 amide bonds. The van der Waals surface area contributed by atoms with E-state index in [1.807, 2.05) is 0 Å². The van der Waals surface area contributed by atoms with Crippen LogP contribution in [0.3, 0.4) is 0 Å². The zero-order chi connectivity index (χ0) is 19.8. The van der Waals surface area contributed by atoms with Gasteiger partial charge in [0.2, 0.25) is 0 Å². The first-order valence-corrected chi connectivity index (χ1v) is 8.27. The molecule has 142 valence electrons. The number of carbonyl (C=O) groups excluding carboxylic acids is 2. The van der Waals surface area contributed by atoms with Gasteiger partial charge in [0, 0.05) is 10.7 Å². The second-order valence-electron chi connectivity index (χ2n) is 5.95. The molecule has 1 aliphatic rings. The molecule has 2 aromatic carbocycles. The number of benzene rings is 2. The van der Waals surface area contributed by atoms with E-state index < -0.39 is 18.2 Å². The Bertz CT molecular complexity index is 902. The maximum absolute atomic E-state index is 12.6. The van der Waals surface area contributed by atoms with E-state index in [4.69, 9.17) is 16.3 Å². The number of nitrogens with one attached hydrogen (secondary N) is 1. The molecule has 1 heterocycles. The predicted octanol–water partition coefficient (Wildman–Crippen LogP) is 4.15. The summed E-state index contributed by atoms with van der Waals surface area (Å²) < 4.78 is 42.9. The van der Waals surface area contributed by atoms with Crippen LogP contribution in [0.15, 0.2) is 42.5 Å². The van der Waals surface area contributed by atoms with E-state index in [2.05, 4.69) is 0 Å². The van der Waals surface area contributed by atoms with Crippen molar-refractivity contribution in [3.05, 3.63) is 53.1 Å². The number of carbonyl (C=O) groups is 2. The van der Waals surface area contributed by atoms with Crippen molar-refractivity contribution in [2.75, 3.05) is 10.2 Å². The second-order valence-corrected chi connectivity index (χ2v) is 6.39.